The molecule has 0 atom stereocenters. The van der Waals surface area contributed by atoms with E-state index in [0.717, 1.165) is 0 Å². The maximum atomic E-state index is 10.7. The molecule has 0 aromatic carbocycles. The summed E-state index contributed by atoms with van der Waals surface area (Å²) in [6, 6.07) is 0. The molecule has 4 nitrogen and oxygen atoms in total. The number of likely N-dealkylation sites (tertiary alicyclic amines) is 1. The molecule has 0 aromatic heterocycles. The van der Waals surface area contributed by atoms with Gasteiger partial charge in [0.2, 0.25) is 0 Å². The molecule has 0 radical (unpaired) electrons. The van der Waals surface area contributed by atoms with Crippen molar-refractivity contribution in [2.24, 2.45) is 0 Å². The first kappa shape index (κ1) is 18.7. The molecule has 0 bridgehead atoms. The molecular formula is C11H22F3NO3S. The van der Waals surface area contributed by atoms with Crippen LogP contribution in [0.25, 0.3) is 0 Å². The molecule has 0 saturated carbocycles. The zero-order valence-electron chi connectivity index (χ0n) is 11.4. The lowest BCUT2D eigenvalue weighted by Crippen LogP contribution is -2.41. The minimum Gasteiger partial charge on any atom is -0.741 e. The van der Waals surface area contributed by atoms with Crippen molar-refractivity contribution in [2.75, 3.05) is 26.7 Å². The van der Waals surface area contributed by atoms with Crippen LogP contribution in [0, 0.1) is 0 Å². The summed E-state index contributed by atoms with van der Waals surface area (Å²) >= 11 is 0. The van der Waals surface area contributed by atoms with Gasteiger partial charge in [-0.05, 0) is 12.8 Å². The van der Waals surface area contributed by atoms with Crippen molar-refractivity contribution >= 4 is 10.1 Å². The average Bonchev–Trinajstić information content (AvgIpc) is 2.64. The molecular weight excluding hydrogens is 283 g/mol. The molecule has 0 spiro atoms. The van der Waals surface area contributed by atoms with E-state index in [1.54, 1.807) is 0 Å². The van der Waals surface area contributed by atoms with Gasteiger partial charge in [-0.25, -0.2) is 8.42 Å². The fourth-order valence-electron chi connectivity index (χ4n) is 2.07. The third-order valence-electron chi connectivity index (χ3n) is 3.23. The highest BCUT2D eigenvalue weighted by Crippen LogP contribution is 2.20. The highest BCUT2D eigenvalue weighted by atomic mass is 32.2. The fraction of sp³-hybridized carbons (Fsp3) is 1.00. The maximum Gasteiger partial charge on any atom is 0.485 e. The van der Waals surface area contributed by atoms with Crippen LogP contribution >= 0.6 is 0 Å². The Labute approximate surface area is 112 Å². The summed E-state index contributed by atoms with van der Waals surface area (Å²) in [5, 5.41) is 0. The predicted molar refractivity (Wildman–Crippen MR) is 65.3 cm³/mol. The van der Waals surface area contributed by atoms with Gasteiger partial charge in [-0.2, -0.15) is 13.2 Å². The number of hydrogen-bond donors (Lipinski definition) is 0. The van der Waals surface area contributed by atoms with E-state index in [9.17, 15) is 13.2 Å². The predicted octanol–water partition coefficient (Wildman–Crippen LogP) is 2.47. The Hall–Kier alpha value is -0.340. The Bertz CT molecular complexity index is 349. The Morgan fingerprint density at radius 1 is 1.16 bits per heavy atom. The van der Waals surface area contributed by atoms with Gasteiger partial charge in [0.25, 0.3) is 0 Å². The van der Waals surface area contributed by atoms with E-state index in [1.807, 2.05) is 0 Å². The summed E-state index contributed by atoms with van der Waals surface area (Å²) in [4.78, 5) is 0. The number of rotatable bonds is 4. The second kappa shape index (κ2) is 7.44. The van der Waals surface area contributed by atoms with Gasteiger partial charge in [0.05, 0.1) is 26.7 Å². The van der Waals surface area contributed by atoms with Crippen molar-refractivity contribution in [1.29, 1.82) is 0 Å². The lowest BCUT2D eigenvalue weighted by Gasteiger charge is -2.28. The quantitative estimate of drug-likeness (QED) is 0.347. The zero-order valence-corrected chi connectivity index (χ0v) is 12.2. The summed E-state index contributed by atoms with van der Waals surface area (Å²) in [5.41, 5.74) is -5.65. The molecule has 1 heterocycles. The molecule has 1 aliphatic rings. The first-order valence-electron chi connectivity index (χ1n) is 6.37. The van der Waals surface area contributed by atoms with E-state index < -0.39 is 15.6 Å². The van der Waals surface area contributed by atoms with Crippen LogP contribution in [0.1, 0.15) is 39.0 Å². The summed E-state index contributed by atoms with van der Waals surface area (Å²) in [6.45, 7) is 6.57. The second-order valence-electron chi connectivity index (χ2n) is 5.10. The Kier molecular flexibility index (Phi) is 7.31. The average molecular weight is 305 g/mol. The van der Waals surface area contributed by atoms with Crippen molar-refractivity contribution < 1.29 is 30.6 Å². The second-order valence-corrected chi connectivity index (χ2v) is 6.48. The van der Waals surface area contributed by atoms with Gasteiger partial charge in [-0.15, -0.1) is 0 Å². The van der Waals surface area contributed by atoms with Gasteiger partial charge in [-0.3, -0.25) is 0 Å². The lowest BCUT2D eigenvalue weighted by atomic mass is 10.2. The first-order chi connectivity index (χ1) is 8.52. The van der Waals surface area contributed by atoms with E-state index in [2.05, 4.69) is 14.0 Å². The fourth-order valence-corrected chi connectivity index (χ4v) is 2.07. The van der Waals surface area contributed by atoms with Crippen molar-refractivity contribution in [2.45, 2.75) is 44.5 Å². The van der Waals surface area contributed by atoms with E-state index in [1.165, 1.54) is 56.2 Å². The van der Waals surface area contributed by atoms with Gasteiger partial charge in [-0.1, -0.05) is 13.3 Å². The summed E-state index contributed by atoms with van der Waals surface area (Å²) < 4.78 is 60.3. The summed E-state index contributed by atoms with van der Waals surface area (Å²) in [6.07, 6.45) is 7.14. The van der Waals surface area contributed by atoms with Crippen LogP contribution in [0.5, 0.6) is 0 Å². The monoisotopic (exact) mass is 305 g/mol. The summed E-state index contributed by atoms with van der Waals surface area (Å²) in [5.74, 6) is 0. The van der Waals surface area contributed by atoms with Crippen molar-refractivity contribution in [1.82, 2.24) is 0 Å². The van der Waals surface area contributed by atoms with Gasteiger partial charge in [0, 0.05) is 12.8 Å². The highest BCUT2D eigenvalue weighted by molar-refractivity contribution is 7.86. The SMILES string of the molecule is CCCCC[N+]1(C)CCCC1.O=S(=O)([O-])C(F)(F)F. The largest absolute Gasteiger partial charge is 0.741 e. The Morgan fingerprint density at radius 2 is 1.58 bits per heavy atom. The third kappa shape index (κ3) is 7.74. The molecule has 0 aromatic rings. The van der Waals surface area contributed by atoms with Crippen LogP contribution in [0.3, 0.4) is 0 Å². The van der Waals surface area contributed by atoms with E-state index in [0.29, 0.717) is 0 Å². The first-order valence-corrected chi connectivity index (χ1v) is 7.78. The van der Waals surface area contributed by atoms with Crippen molar-refractivity contribution in [3.63, 3.8) is 0 Å². The van der Waals surface area contributed by atoms with Gasteiger partial charge in [0.15, 0.2) is 10.1 Å². The van der Waals surface area contributed by atoms with Gasteiger partial charge >= 0.3 is 5.51 Å². The molecule has 0 aliphatic carbocycles. The topological polar surface area (TPSA) is 57.2 Å². The van der Waals surface area contributed by atoms with Gasteiger partial charge in [0.1, 0.15) is 0 Å². The minimum absolute atomic E-state index is 1.36. The molecule has 1 aliphatic heterocycles. The molecule has 1 fully saturated rings. The smallest absolute Gasteiger partial charge is 0.485 e. The lowest BCUT2D eigenvalue weighted by molar-refractivity contribution is -0.897. The van der Waals surface area contributed by atoms with Crippen LogP contribution in [0.2, 0.25) is 0 Å². The van der Waals surface area contributed by atoms with Crippen LogP contribution in [-0.2, 0) is 10.1 Å². The molecule has 19 heavy (non-hydrogen) atoms. The summed E-state index contributed by atoms with van der Waals surface area (Å²) in [7, 11) is -3.67. The van der Waals surface area contributed by atoms with E-state index >= 15 is 0 Å². The van der Waals surface area contributed by atoms with E-state index in [-0.39, 0.29) is 0 Å². The highest BCUT2D eigenvalue weighted by Gasteiger charge is 2.36. The molecule has 1 rings (SSSR count). The van der Waals surface area contributed by atoms with Crippen molar-refractivity contribution in [3.05, 3.63) is 0 Å². The molecule has 0 unspecified atom stereocenters. The molecule has 0 amide bonds. The molecule has 1 saturated heterocycles. The third-order valence-corrected chi connectivity index (χ3v) is 3.80. The minimum atomic E-state index is -6.09. The van der Waals surface area contributed by atoms with Gasteiger partial charge < -0.3 is 9.04 Å². The number of nitrogens with zero attached hydrogens (tertiary/aromatic N) is 1. The number of alkyl halides is 3. The number of hydrogen-bond acceptors (Lipinski definition) is 3. The van der Waals surface area contributed by atoms with E-state index in [4.69, 9.17) is 13.0 Å². The van der Waals surface area contributed by atoms with Crippen molar-refractivity contribution in [3.8, 4) is 0 Å². The Balaban J connectivity index is 0.000000362. The van der Waals surface area contributed by atoms with Crippen LogP contribution in [-0.4, -0.2) is 49.6 Å². The standard InChI is InChI=1S/C10H22N.CHF3O3S/c1-3-4-5-8-11(2)9-6-7-10-11;2-1(3,4)8(5,6)7/h3-10H2,1-2H3;(H,5,6,7)/q+1;/p-1. The van der Waals surface area contributed by atoms with Crippen LogP contribution in [0.4, 0.5) is 13.2 Å². The maximum absolute atomic E-state index is 10.7. The molecule has 8 heteroatoms. The molecule has 116 valence electrons. The number of unbranched alkanes of at least 4 members (excludes halogenated alkanes) is 2. The Morgan fingerprint density at radius 3 is 1.89 bits per heavy atom. The normalized spacial score (nSPS) is 18.8. The number of halogens is 3. The van der Waals surface area contributed by atoms with Crippen LogP contribution < -0.4 is 0 Å². The zero-order chi connectivity index (χ0) is 15.2. The van der Waals surface area contributed by atoms with Crippen LogP contribution in [0.15, 0.2) is 0 Å². The number of quaternary nitrogens is 1. The molecule has 0 N–H and O–H groups in total.